The zero-order valence-electron chi connectivity index (χ0n) is 12.2. The van der Waals surface area contributed by atoms with Crippen LogP contribution >= 0.6 is 0 Å². The molecule has 0 saturated carbocycles. The number of rotatable bonds is 7. The summed E-state index contributed by atoms with van der Waals surface area (Å²) in [6, 6.07) is 0. The van der Waals surface area contributed by atoms with Crippen molar-refractivity contribution in [1.29, 1.82) is 0 Å². The molecule has 17 heavy (non-hydrogen) atoms. The number of hydrogen-bond donors (Lipinski definition) is 1. The van der Waals surface area contributed by atoms with Gasteiger partial charge >= 0.3 is 0 Å². The summed E-state index contributed by atoms with van der Waals surface area (Å²) in [4.78, 5) is 0. The molecule has 1 fully saturated rings. The van der Waals surface area contributed by atoms with E-state index in [9.17, 15) is 0 Å². The predicted molar refractivity (Wildman–Crippen MR) is 74.3 cm³/mol. The predicted octanol–water partition coefficient (Wildman–Crippen LogP) is 3.47. The first-order valence-electron chi connectivity index (χ1n) is 7.32. The van der Waals surface area contributed by atoms with Crippen molar-refractivity contribution in [2.45, 2.75) is 53.4 Å². The van der Waals surface area contributed by atoms with Crippen LogP contribution in [0.1, 0.15) is 53.4 Å². The van der Waals surface area contributed by atoms with Gasteiger partial charge in [-0.3, -0.25) is 0 Å². The topological polar surface area (TPSA) is 21.3 Å². The molecule has 1 aliphatic heterocycles. The SMILES string of the molecule is CC(C)CCC1(CNCC(C)C)CCOCC1. The molecule has 2 nitrogen and oxygen atoms in total. The molecule has 0 aliphatic carbocycles. The van der Waals surface area contributed by atoms with Crippen LogP contribution in [0.2, 0.25) is 0 Å². The molecular formula is C15H31NO. The summed E-state index contributed by atoms with van der Waals surface area (Å²) in [7, 11) is 0. The van der Waals surface area contributed by atoms with Gasteiger partial charge in [-0.05, 0) is 43.1 Å². The zero-order valence-corrected chi connectivity index (χ0v) is 12.2. The van der Waals surface area contributed by atoms with Gasteiger partial charge in [0.05, 0.1) is 0 Å². The third kappa shape index (κ3) is 5.87. The third-order valence-corrected chi connectivity index (χ3v) is 3.86. The summed E-state index contributed by atoms with van der Waals surface area (Å²) in [6.45, 7) is 13.5. The Morgan fingerprint density at radius 1 is 1.06 bits per heavy atom. The van der Waals surface area contributed by atoms with Crippen LogP contribution in [0.15, 0.2) is 0 Å². The van der Waals surface area contributed by atoms with Crippen LogP contribution in [0, 0.1) is 17.3 Å². The van der Waals surface area contributed by atoms with Crippen LogP contribution in [-0.4, -0.2) is 26.3 Å². The van der Waals surface area contributed by atoms with Gasteiger partial charge in [-0.25, -0.2) is 0 Å². The van der Waals surface area contributed by atoms with Crippen molar-refractivity contribution >= 4 is 0 Å². The highest BCUT2D eigenvalue weighted by atomic mass is 16.5. The zero-order chi connectivity index (χ0) is 12.7. The summed E-state index contributed by atoms with van der Waals surface area (Å²) in [5, 5.41) is 3.66. The minimum Gasteiger partial charge on any atom is -0.381 e. The molecule has 0 aromatic rings. The lowest BCUT2D eigenvalue weighted by Crippen LogP contribution is -2.40. The van der Waals surface area contributed by atoms with Crippen LogP contribution in [0.3, 0.4) is 0 Å². The van der Waals surface area contributed by atoms with E-state index in [0.717, 1.165) is 31.6 Å². The lowest BCUT2D eigenvalue weighted by atomic mass is 9.75. The van der Waals surface area contributed by atoms with Gasteiger partial charge in [0.15, 0.2) is 0 Å². The van der Waals surface area contributed by atoms with Crippen molar-refractivity contribution in [3.05, 3.63) is 0 Å². The molecular weight excluding hydrogens is 210 g/mol. The summed E-state index contributed by atoms with van der Waals surface area (Å²) in [5.41, 5.74) is 0.511. The first-order valence-corrected chi connectivity index (χ1v) is 7.32. The molecule has 0 bridgehead atoms. The molecule has 0 spiro atoms. The van der Waals surface area contributed by atoms with Gasteiger partial charge in [0, 0.05) is 19.8 Å². The molecule has 1 heterocycles. The van der Waals surface area contributed by atoms with Crippen molar-refractivity contribution < 1.29 is 4.74 Å². The van der Waals surface area contributed by atoms with Crippen molar-refractivity contribution in [2.75, 3.05) is 26.3 Å². The second kappa shape index (κ2) is 7.38. The van der Waals surface area contributed by atoms with Crippen molar-refractivity contribution in [3.8, 4) is 0 Å². The van der Waals surface area contributed by atoms with Gasteiger partial charge in [-0.1, -0.05) is 34.1 Å². The average molecular weight is 241 g/mol. The van der Waals surface area contributed by atoms with Gasteiger partial charge in [0.25, 0.3) is 0 Å². The first kappa shape index (κ1) is 15.0. The largest absolute Gasteiger partial charge is 0.381 e. The van der Waals surface area contributed by atoms with E-state index in [2.05, 4.69) is 33.0 Å². The van der Waals surface area contributed by atoms with Gasteiger partial charge < -0.3 is 10.1 Å². The fraction of sp³-hybridized carbons (Fsp3) is 1.00. The number of hydrogen-bond acceptors (Lipinski definition) is 2. The molecule has 2 heteroatoms. The smallest absolute Gasteiger partial charge is 0.0471 e. The molecule has 0 aromatic carbocycles. The molecule has 1 rings (SSSR count). The Morgan fingerprint density at radius 2 is 1.71 bits per heavy atom. The van der Waals surface area contributed by atoms with Gasteiger partial charge in [-0.15, -0.1) is 0 Å². The van der Waals surface area contributed by atoms with Gasteiger partial charge in [-0.2, -0.15) is 0 Å². The third-order valence-electron chi connectivity index (χ3n) is 3.86. The minimum absolute atomic E-state index is 0.511. The molecule has 1 saturated heterocycles. The van der Waals surface area contributed by atoms with Gasteiger partial charge in [0.2, 0.25) is 0 Å². The highest BCUT2D eigenvalue weighted by Gasteiger charge is 2.31. The van der Waals surface area contributed by atoms with Crippen molar-refractivity contribution in [3.63, 3.8) is 0 Å². The maximum atomic E-state index is 5.53. The van der Waals surface area contributed by atoms with Crippen LogP contribution in [-0.2, 0) is 4.74 Å². The van der Waals surface area contributed by atoms with E-state index >= 15 is 0 Å². The Kier molecular flexibility index (Phi) is 6.50. The summed E-state index contributed by atoms with van der Waals surface area (Å²) < 4.78 is 5.53. The quantitative estimate of drug-likeness (QED) is 0.737. The molecule has 0 atom stereocenters. The highest BCUT2D eigenvalue weighted by molar-refractivity contribution is 4.84. The summed E-state index contributed by atoms with van der Waals surface area (Å²) in [5.74, 6) is 1.57. The van der Waals surface area contributed by atoms with E-state index in [4.69, 9.17) is 4.74 Å². The summed E-state index contributed by atoms with van der Waals surface area (Å²) in [6.07, 6.45) is 5.19. The fourth-order valence-electron chi connectivity index (χ4n) is 2.54. The maximum absolute atomic E-state index is 5.53. The van der Waals surface area contributed by atoms with E-state index in [-0.39, 0.29) is 0 Å². The molecule has 102 valence electrons. The van der Waals surface area contributed by atoms with E-state index < -0.39 is 0 Å². The van der Waals surface area contributed by atoms with Crippen molar-refractivity contribution in [2.24, 2.45) is 17.3 Å². The molecule has 1 N–H and O–H groups in total. The molecule has 0 amide bonds. The second-order valence-electron chi connectivity index (χ2n) is 6.57. The lowest BCUT2D eigenvalue weighted by Gasteiger charge is -2.38. The normalized spacial score (nSPS) is 20.1. The van der Waals surface area contributed by atoms with Gasteiger partial charge in [0.1, 0.15) is 0 Å². The Hall–Kier alpha value is -0.0800. The van der Waals surface area contributed by atoms with Crippen LogP contribution in [0.5, 0.6) is 0 Å². The molecule has 0 radical (unpaired) electrons. The molecule has 0 aromatic heterocycles. The van der Waals surface area contributed by atoms with Crippen LogP contribution in [0.25, 0.3) is 0 Å². The van der Waals surface area contributed by atoms with Crippen molar-refractivity contribution in [1.82, 2.24) is 5.32 Å². The van der Waals surface area contributed by atoms with E-state index in [1.165, 1.54) is 32.2 Å². The Balaban J connectivity index is 2.40. The van der Waals surface area contributed by atoms with Crippen LogP contribution in [0.4, 0.5) is 0 Å². The Labute approximate surface area is 108 Å². The molecule has 0 unspecified atom stereocenters. The maximum Gasteiger partial charge on any atom is 0.0471 e. The average Bonchev–Trinajstić information content (AvgIpc) is 2.27. The van der Waals surface area contributed by atoms with Crippen LogP contribution < -0.4 is 5.32 Å². The van der Waals surface area contributed by atoms with E-state index in [1.54, 1.807) is 0 Å². The Morgan fingerprint density at radius 3 is 2.24 bits per heavy atom. The summed E-state index contributed by atoms with van der Waals surface area (Å²) >= 11 is 0. The number of ether oxygens (including phenoxy) is 1. The first-order chi connectivity index (χ1) is 8.04. The molecule has 1 aliphatic rings. The minimum atomic E-state index is 0.511. The van der Waals surface area contributed by atoms with E-state index in [0.29, 0.717) is 5.41 Å². The Bertz CT molecular complexity index is 195. The second-order valence-corrected chi connectivity index (χ2v) is 6.57. The highest BCUT2D eigenvalue weighted by Crippen LogP contribution is 2.35. The lowest BCUT2D eigenvalue weighted by molar-refractivity contribution is 0.00767. The standard InChI is InChI=1S/C15H31NO/c1-13(2)5-6-15(7-9-17-10-8-15)12-16-11-14(3)4/h13-14,16H,5-12H2,1-4H3. The monoisotopic (exact) mass is 241 g/mol. The van der Waals surface area contributed by atoms with E-state index in [1.807, 2.05) is 0 Å². The fourth-order valence-corrected chi connectivity index (χ4v) is 2.54. The number of nitrogens with one attached hydrogen (secondary N) is 1.